The Bertz CT molecular complexity index is 475. The van der Waals surface area contributed by atoms with Gasteiger partial charge in [0.15, 0.2) is 0 Å². The molecule has 2 fully saturated rings. The van der Waals surface area contributed by atoms with E-state index in [0.29, 0.717) is 17.3 Å². The van der Waals surface area contributed by atoms with Crippen molar-refractivity contribution in [2.24, 2.45) is 0 Å². The summed E-state index contributed by atoms with van der Waals surface area (Å²) in [6.45, 7) is 5.47. The van der Waals surface area contributed by atoms with E-state index in [1.165, 1.54) is 25.0 Å². The van der Waals surface area contributed by atoms with E-state index >= 15 is 0 Å². The molecule has 2 saturated heterocycles. The van der Waals surface area contributed by atoms with Crippen LogP contribution in [0.15, 0.2) is 12.1 Å². The van der Waals surface area contributed by atoms with Crippen LogP contribution in [0.2, 0.25) is 0 Å². The van der Waals surface area contributed by atoms with Gasteiger partial charge in [0.05, 0.1) is 5.69 Å². The molecule has 2 nitrogen and oxygen atoms in total. The van der Waals surface area contributed by atoms with E-state index in [2.05, 4.69) is 4.90 Å². The molecular formula is C15H20F2N2. The molecule has 2 aliphatic heterocycles. The van der Waals surface area contributed by atoms with Gasteiger partial charge in [0.2, 0.25) is 0 Å². The lowest BCUT2D eigenvalue weighted by atomic mass is 10.1. The predicted octanol–water partition coefficient (Wildman–Crippen LogP) is 2.95. The smallest absolute Gasteiger partial charge is 0.146 e. The van der Waals surface area contributed by atoms with Gasteiger partial charge in [0.25, 0.3) is 0 Å². The van der Waals surface area contributed by atoms with Crippen LogP contribution >= 0.6 is 0 Å². The highest BCUT2D eigenvalue weighted by molar-refractivity contribution is 5.50. The topological polar surface area (TPSA) is 6.48 Å². The van der Waals surface area contributed by atoms with Crippen molar-refractivity contribution < 1.29 is 8.78 Å². The highest BCUT2D eigenvalue weighted by Gasteiger charge is 2.29. The van der Waals surface area contributed by atoms with Gasteiger partial charge in [-0.25, -0.2) is 8.78 Å². The molecule has 19 heavy (non-hydrogen) atoms. The number of hydrogen-bond acceptors (Lipinski definition) is 2. The minimum Gasteiger partial charge on any atom is -0.367 e. The maximum absolute atomic E-state index is 14.1. The minimum atomic E-state index is -0.316. The normalized spacial score (nSPS) is 24.4. The van der Waals surface area contributed by atoms with Crippen LogP contribution in [0.4, 0.5) is 14.5 Å². The Hall–Kier alpha value is -1.16. The van der Waals surface area contributed by atoms with Crippen molar-refractivity contribution in [3.05, 3.63) is 29.3 Å². The number of rotatable bonds is 1. The molecule has 1 unspecified atom stereocenters. The van der Waals surface area contributed by atoms with Gasteiger partial charge in [-0.05, 0) is 44.4 Å². The lowest BCUT2D eigenvalue weighted by molar-refractivity contribution is 0.273. The number of fused-ring (bicyclic) bond motifs is 1. The van der Waals surface area contributed by atoms with Crippen LogP contribution in [-0.4, -0.2) is 37.1 Å². The summed E-state index contributed by atoms with van der Waals surface area (Å²) < 4.78 is 27.7. The molecule has 0 bridgehead atoms. The van der Waals surface area contributed by atoms with E-state index in [1.54, 1.807) is 6.92 Å². The van der Waals surface area contributed by atoms with Gasteiger partial charge in [-0.15, -0.1) is 0 Å². The van der Waals surface area contributed by atoms with E-state index in [-0.39, 0.29) is 11.6 Å². The zero-order valence-corrected chi connectivity index (χ0v) is 11.3. The van der Waals surface area contributed by atoms with Crippen molar-refractivity contribution in [2.75, 3.05) is 31.1 Å². The molecule has 0 aromatic heterocycles. The molecule has 0 aliphatic carbocycles. The average Bonchev–Trinajstić information content (AvgIpc) is 2.71. The Morgan fingerprint density at radius 1 is 1.05 bits per heavy atom. The van der Waals surface area contributed by atoms with Crippen molar-refractivity contribution in [1.29, 1.82) is 0 Å². The Kier molecular flexibility index (Phi) is 3.44. The van der Waals surface area contributed by atoms with Crippen LogP contribution in [-0.2, 0) is 0 Å². The fraction of sp³-hybridized carbons (Fsp3) is 0.600. The number of benzene rings is 1. The second-order valence-electron chi connectivity index (χ2n) is 5.68. The Morgan fingerprint density at radius 3 is 2.68 bits per heavy atom. The van der Waals surface area contributed by atoms with E-state index in [4.69, 9.17) is 0 Å². The fourth-order valence-corrected chi connectivity index (χ4v) is 3.30. The number of aryl methyl sites for hydroxylation is 1. The van der Waals surface area contributed by atoms with Crippen molar-refractivity contribution in [2.45, 2.75) is 32.2 Å². The first-order valence-electron chi connectivity index (χ1n) is 7.10. The van der Waals surface area contributed by atoms with E-state index < -0.39 is 0 Å². The molecule has 3 rings (SSSR count). The summed E-state index contributed by atoms with van der Waals surface area (Å²) in [5.41, 5.74) is 0.801. The summed E-state index contributed by atoms with van der Waals surface area (Å²) in [7, 11) is 0. The van der Waals surface area contributed by atoms with Crippen molar-refractivity contribution in [3.63, 3.8) is 0 Å². The molecule has 0 spiro atoms. The number of anilines is 1. The molecule has 0 saturated carbocycles. The van der Waals surface area contributed by atoms with Gasteiger partial charge in [-0.3, -0.25) is 4.90 Å². The summed E-state index contributed by atoms with van der Waals surface area (Å²) >= 11 is 0. The molecule has 2 aliphatic rings. The molecule has 0 amide bonds. The lowest BCUT2D eigenvalue weighted by Crippen LogP contribution is -2.37. The lowest BCUT2D eigenvalue weighted by Gasteiger charge is -2.27. The molecule has 1 atom stereocenters. The quantitative estimate of drug-likeness (QED) is 0.771. The maximum atomic E-state index is 14.1. The van der Waals surface area contributed by atoms with Crippen LogP contribution in [0.25, 0.3) is 0 Å². The Balaban J connectivity index is 1.86. The van der Waals surface area contributed by atoms with Gasteiger partial charge < -0.3 is 4.90 Å². The van der Waals surface area contributed by atoms with Crippen LogP contribution < -0.4 is 4.90 Å². The molecular weight excluding hydrogens is 246 g/mol. The van der Waals surface area contributed by atoms with Crippen molar-refractivity contribution >= 4 is 5.69 Å². The zero-order chi connectivity index (χ0) is 13.4. The Labute approximate surface area is 113 Å². The summed E-state index contributed by atoms with van der Waals surface area (Å²) in [5, 5.41) is 0. The first-order chi connectivity index (χ1) is 9.15. The fourth-order valence-electron chi connectivity index (χ4n) is 3.30. The molecule has 1 aromatic rings. The highest BCUT2D eigenvalue weighted by atomic mass is 19.1. The largest absolute Gasteiger partial charge is 0.367 e. The van der Waals surface area contributed by atoms with Gasteiger partial charge in [0.1, 0.15) is 11.6 Å². The third-order valence-corrected chi connectivity index (χ3v) is 4.37. The number of nitrogens with zero attached hydrogens (tertiary/aromatic N) is 2. The van der Waals surface area contributed by atoms with E-state index in [1.807, 2.05) is 4.90 Å². The molecule has 0 N–H and O–H groups in total. The van der Waals surface area contributed by atoms with Crippen LogP contribution in [0.5, 0.6) is 0 Å². The van der Waals surface area contributed by atoms with Crippen LogP contribution in [0, 0.1) is 18.6 Å². The first-order valence-corrected chi connectivity index (χ1v) is 7.10. The molecule has 4 heteroatoms. The van der Waals surface area contributed by atoms with Gasteiger partial charge in [0, 0.05) is 31.7 Å². The summed E-state index contributed by atoms with van der Waals surface area (Å²) in [6, 6.07) is 3.17. The summed E-state index contributed by atoms with van der Waals surface area (Å²) in [5.74, 6) is -0.616. The second-order valence-corrected chi connectivity index (χ2v) is 5.68. The van der Waals surface area contributed by atoms with Crippen LogP contribution in [0.1, 0.15) is 24.8 Å². The summed E-state index contributed by atoms with van der Waals surface area (Å²) in [6.07, 6.45) is 3.42. The van der Waals surface area contributed by atoms with Gasteiger partial charge >= 0.3 is 0 Å². The third-order valence-electron chi connectivity index (χ3n) is 4.37. The van der Waals surface area contributed by atoms with Crippen LogP contribution in [0.3, 0.4) is 0 Å². The molecule has 104 valence electrons. The second kappa shape index (κ2) is 5.08. The SMILES string of the molecule is Cc1cc(F)c(N2CCCN3CCCC3C2)cc1F. The van der Waals surface area contributed by atoms with Crippen molar-refractivity contribution in [3.8, 4) is 0 Å². The average molecular weight is 266 g/mol. The molecule has 1 aromatic carbocycles. The standard InChI is InChI=1S/C15H20F2N2/c1-11-8-14(17)15(9-13(11)16)19-7-3-6-18-5-2-4-12(18)10-19/h8-9,12H,2-7,10H2,1H3. The van der Waals surface area contributed by atoms with Crippen molar-refractivity contribution in [1.82, 2.24) is 4.90 Å². The minimum absolute atomic E-state index is 0.301. The van der Waals surface area contributed by atoms with E-state index in [9.17, 15) is 8.78 Å². The maximum Gasteiger partial charge on any atom is 0.146 e. The first kappa shape index (κ1) is 12.9. The van der Waals surface area contributed by atoms with Gasteiger partial charge in [-0.1, -0.05) is 0 Å². The van der Waals surface area contributed by atoms with E-state index in [0.717, 1.165) is 32.6 Å². The number of hydrogen-bond donors (Lipinski definition) is 0. The Morgan fingerprint density at radius 2 is 1.84 bits per heavy atom. The number of halogens is 2. The van der Waals surface area contributed by atoms with Gasteiger partial charge in [-0.2, -0.15) is 0 Å². The third kappa shape index (κ3) is 2.46. The zero-order valence-electron chi connectivity index (χ0n) is 11.3. The molecule has 2 heterocycles. The predicted molar refractivity (Wildman–Crippen MR) is 72.5 cm³/mol. The summed E-state index contributed by atoms with van der Waals surface area (Å²) in [4.78, 5) is 4.51. The molecule has 0 radical (unpaired) electrons. The monoisotopic (exact) mass is 266 g/mol. The highest BCUT2D eigenvalue weighted by Crippen LogP contribution is 2.28.